The van der Waals surface area contributed by atoms with E-state index in [2.05, 4.69) is 4.57 Å². The molecule has 0 fully saturated rings. The van der Waals surface area contributed by atoms with Crippen LogP contribution in [0.4, 0.5) is 5.69 Å². The number of ether oxygens (including phenoxy) is 1. The highest BCUT2D eigenvalue weighted by Crippen LogP contribution is 2.37. The minimum absolute atomic E-state index is 0.253. The molecule has 0 radical (unpaired) electrons. The Morgan fingerprint density at radius 2 is 1.67 bits per heavy atom. The number of carbonyl (C=O) groups excluding carboxylic acids is 2. The normalized spacial score (nSPS) is 15.0. The van der Waals surface area contributed by atoms with Crippen LogP contribution >= 0.6 is 11.6 Å². The number of esters is 1. The number of hydrogen-bond acceptors (Lipinski definition) is 3. The summed E-state index contributed by atoms with van der Waals surface area (Å²) < 4.78 is 7.15. The minimum atomic E-state index is -0.551. The molecule has 0 saturated carbocycles. The van der Waals surface area contributed by atoms with Gasteiger partial charge in [-0.15, -0.1) is 0 Å². The van der Waals surface area contributed by atoms with Crippen molar-refractivity contribution in [3.63, 3.8) is 0 Å². The van der Waals surface area contributed by atoms with Crippen molar-refractivity contribution in [2.45, 2.75) is 27.7 Å². The van der Waals surface area contributed by atoms with Crippen LogP contribution in [-0.4, -0.2) is 23.6 Å². The molecule has 1 aliphatic heterocycles. The van der Waals surface area contributed by atoms with Crippen LogP contribution in [0.1, 0.15) is 29.4 Å². The van der Waals surface area contributed by atoms with Crippen molar-refractivity contribution in [1.29, 1.82) is 0 Å². The number of para-hydroxylation sites is 1. The van der Waals surface area contributed by atoms with Crippen LogP contribution in [0.25, 0.3) is 11.8 Å². The number of halogens is 1. The molecular formula is C27H25ClN2O3. The third-order valence-electron chi connectivity index (χ3n) is 5.99. The summed E-state index contributed by atoms with van der Waals surface area (Å²) in [5.74, 6) is -0.845. The fraction of sp³-hybridized carbons (Fsp3) is 0.185. The van der Waals surface area contributed by atoms with Gasteiger partial charge < -0.3 is 9.30 Å². The van der Waals surface area contributed by atoms with Crippen LogP contribution in [0.15, 0.2) is 71.4 Å². The standard InChI is InChI=1S/C27H25ClN2O3/c1-16-11-12-22(15-24(16)28)30-19(4)25(27(32)33-5)23(26(30)31)14-20-13-17(2)29(18(20)3)21-9-7-6-8-10-21/h6-15H,1-5H3/b23-14-. The molecule has 5 nitrogen and oxygen atoms in total. The molecule has 33 heavy (non-hydrogen) atoms. The van der Waals surface area contributed by atoms with E-state index in [1.807, 2.05) is 69.3 Å². The molecule has 1 aromatic heterocycles. The number of carbonyl (C=O) groups is 2. The first-order chi connectivity index (χ1) is 15.7. The van der Waals surface area contributed by atoms with Gasteiger partial charge in [-0.25, -0.2) is 4.79 Å². The molecule has 0 N–H and O–H groups in total. The molecule has 4 rings (SSSR count). The molecule has 1 amide bonds. The van der Waals surface area contributed by atoms with Gasteiger partial charge in [0.05, 0.1) is 23.9 Å². The zero-order valence-electron chi connectivity index (χ0n) is 19.3. The fourth-order valence-electron chi connectivity index (χ4n) is 4.28. The van der Waals surface area contributed by atoms with Gasteiger partial charge in [0.15, 0.2) is 0 Å². The van der Waals surface area contributed by atoms with Crippen molar-refractivity contribution in [2.75, 3.05) is 12.0 Å². The van der Waals surface area contributed by atoms with Crippen molar-refractivity contribution < 1.29 is 14.3 Å². The third-order valence-corrected chi connectivity index (χ3v) is 6.39. The average Bonchev–Trinajstić information content (AvgIpc) is 3.22. The van der Waals surface area contributed by atoms with Crippen molar-refractivity contribution in [1.82, 2.24) is 4.57 Å². The van der Waals surface area contributed by atoms with Gasteiger partial charge in [0.1, 0.15) is 0 Å². The van der Waals surface area contributed by atoms with Crippen molar-refractivity contribution in [2.24, 2.45) is 0 Å². The number of nitrogens with zero attached hydrogens (tertiary/aromatic N) is 2. The number of hydrogen-bond donors (Lipinski definition) is 0. The van der Waals surface area contributed by atoms with Crippen LogP contribution in [0.5, 0.6) is 0 Å². The first-order valence-corrected chi connectivity index (χ1v) is 11.0. The molecule has 6 heteroatoms. The molecule has 168 valence electrons. The van der Waals surface area contributed by atoms with Gasteiger partial charge in [0, 0.05) is 27.8 Å². The number of methoxy groups -OCH3 is 1. The van der Waals surface area contributed by atoms with E-state index in [0.29, 0.717) is 22.0 Å². The van der Waals surface area contributed by atoms with Crippen molar-refractivity contribution in [3.05, 3.63) is 99.0 Å². The molecule has 3 aromatic rings. The number of amides is 1. The summed E-state index contributed by atoms with van der Waals surface area (Å²) in [5, 5.41) is 0.552. The SMILES string of the molecule is COC(=O)C1=C(C)N(c2ccc(C)c(Cl)c2)C(=O)/C1=C\c1cc(C)n(-c2ccccc2)c1C. The lowest BCUT2D eigenvalue weighted by Crippen LogP contribution is -2.24. The molecule has 0 spiro atoms. The topological polar surface area (TPSA) is 51.5 Å². The highest BCUT2D eigenvalue weighted by atomic mass is 35.5. The monoisotopic (exact) mass is 460 g/mol. The number of allylic oxidation sites excluding steroid dienone is 1. The molecule has 2 heterocycles. The summed E-state index contributed by atoms with van der Waals surface area (Å²) in [6, 6.07) is 17.4. The second kappa shape index (κ2) is 8.75. The highest BCUT2D eigenvalue weighted by Gasteiger charge is 2.38. The van der Waals surface area contributed by atoms with Gasteiger partial charge in [-0.2, -0.15) is 0 Å². The number of anilines is 1. The average molecular weight is 461 g/mol. The molecule has 2 aromatic carbocycles. The van der Waals surface area contributed by atoms with Gasteiger partial charge >= 0.3 is 5.97 Å². The fourth-order valence-corrected chi connectivity index (χ4v) is 4.45. The first kappa shape index (κ1) is 22.6. The molecule has 0 atom stereocenters. The summed E-state index contributed by atoms with van der Waals surface area (Å²) in [6.45, 7) is 7.65. The number of aryl methyl sites for hydroxylation is 2. The summed E-state index contributed by atoms with van der Waals surface area (Å²) in [5.41, 5.74) is 6.46. The van der Waals surface area contributed by atoms with E-state index in [0.717, 1.165) is 28.2 Å². The molecule has 0 aliphatic carbocycles. The Bertz CT molecular complexity index is 1330. The number of rotatable bonds is 4. The lowest BCUT2D eigenvalue weighted by Gasteiger charge is -2.18. The maximum atomic E-state index is 13.6. The van der Waals surface area contributed by atoms with Crippen LogP contribution in [0.2, 0.25) is 5.02 Å². The van der Waals surface area contributed by atoms with Gasteiger partial charge in [0.2, 0.25) is 0 Å². The minimum Gasteiger partial charge on any atom is -0.465 e. The van der Waals surface area contributed by atoms with Gasteiger partial charge in [-0.05, 0) is 75.2 Å². The van der Waals surface area contributed by atoms with Crippen LogP contribution in [0, 0.1) is 20.8 Å². The highest BCUT2D eigenvalue weighted by molar-refractivity contribution is 6.32. The molecular weight excluding hydrogens is 436 g/mol. The molecule has 0 unspecified atom stereocenters. The molecule has 1 aliphatic rings. The van der Waals surface area contributed by atoms with E-state index < -0.39 is 5.97 Å². The smallest absolute Gasteiger partial charge is 0.340 e. The second-order valence-electron chi connectivity index (χ2n) is 8.08. The number of aromatic nitrogens is 1. The maximum Gasteiger partial charge on any atom is 0.340 e. The van der Waals surface area contributed by atoms with Gasteiger partial charge in [-0.3, -0.25) is 9.69 Å². The predicted molar refractivity (Wildman–Crippen MR) is 132 cm³/mol. The largest absolute Gasteiger partial charge is 0.465 e. The van der Waals surface area contributed by atoms with Crippen molar-refractivity contribution in [3.8, 4) is 5.69 Å². The zero-order chi connectivity index (χ0) is 23.9. The summed E-state index contributed by atoms with van der Waals surface area (Å²) >= 11 is 6.32. The molecule has 0 bridgehead atoms. The Hall–Kier alpha value is -3.57. The lowest BCUT2D eigenvalue weighted by atomic mass is 10.0. The van der Waals surface area contributed by atoms with E-state index in [-0.39, 0.29) is 11.5 Å². The molecule has 0 saturated heterocycles. The Morgan fingerprint density at radius 3 is 2.30 bits per heavy atom. The summed E-state index contributed by atoms with van der Waals surface area (Å²) in [4.78, 5) is 27.8. The van der Waals surface area contributed by atoms with E-state index in [9.17, 15) is 9.59 Å². The number of benzene rings is 2. The summed E-state index contributed by atoms with van der Waals surface area (Å²) in [7, 11) is 1.32. The zero-order valence-corrected chi connectivity index (χ0v) is 20.0. The Labute approximate surface area is 198 Å². The van der Waals surface area contributed by atoms with E-state index in [1.165, 1.54) is 12.0 Å². The van der Waals surface area contributed by atoms with Crippen molar-refractivity contribution >= 4 is 35.2 Å². The summed E-state index contributed by atoms with van der Waals surface area (Å²) in [6.07, 6.45) is 1.77. The van der Waals surface area contributed by atoms with E-state index in [4.69, 9.17) is 16.3 Å². The van der Waals surface area contributed by atoms with Crippen LogP contribution in [0.3, 0.4) is 0 Å². The van der Waals surface area contributed by atoms with Crippen LogP contribution < -0.4 is 4.90 Å². The Balaban J connectivity index is 1.86. The maximum absolute atomic E-state index is 13.6. The Kier molecular flexibility index (Phi) is 6.00. The predicted octanol–water partition coefficient (Wildman–Crippen LogP) is 5.93. The quantitative estimate of drug-likeness (QED) is 0.358. The first-order valence-electron chi connectivity index (χ1n) is 10.6. The third kappa shape index (κ3) is 3.89. The van der Waals surface area contributed by atoms with E-state index in [1.54, 1.807) is 19.1 Å². The second-order valence-corrected chi connectivity index (χ2v) is 8.49. The Morgan fingerprint density at radius 1 is 0.970 bits per heavy atom. The van der Waals surface area contributed by atoms with E-state index >= 15 is 0 Å². The lowest BCUT2D eigenvalue weighted by molar-refractivity contribution is -0.136. The van der Waals surface area contributed by atoms with Crippen LogP contribution in [-0.2, 0) is 14.3 Å². The van der Waals surface area contributed by atoms with Gasteiger partial charge in [0.25, 0.3) is 5.91 Å². The van der Waals surface area contributed by atoms with Gasteiger partial charge in [-0.1, -0.05) is 35.9 Å².